The van der Waals surface area contributed by atoms with Gasteiger partial charge in [0.1, 0.15) is 0 Å². The maximum atomic E-state index is 12.0. The molecule has 2 rings (SSSR count). The van der Waals surface area contributed by atoms with E-state index < -0.39 is 21.8 Å². The van der Waals surface area contributed by atoms with E-state index in [4.69, 9.17) is 10.9 Å². The van der Waals surface area contributed by atoms with Crippen LogP contribution in [-0.4, -0.2) is 20.2 Å². The van der Waals surface area contributed by atoms with Gasteiger partial charge in [0, 0.05) is 16.8 Å². The number of carbonyl (C=O) groups is 2. The number of sulfonamides is 1. The molecule has 0 saturated heterocycles. The Balaban J connectivity index is 2.13. The van der Waals surface area contributed by atoms with Crippen molar-refractivity contribution in [3.63, 3.8) is 0 Å². The fourth-order valence-electron chi connectivity index (χ4n) is 1.72. The predicted molar refractivity (Wildman–Crippen MR) is 80.7 cm³/mol. The Morgan fingerprint density at radius 2 is 1.36 bits per heavy atom. The summed E-state index contributed by atoms with van der Waals surface area (Å²) >= 11 is 0. The molecule has 0 heterocycles. The summed E-state index contributed by atoms with van der Waals surface area (Å²) in [5, 5.41) is 7.59. The molecular formula is C14H13N3O4S. The highest BCUT2D eigenvalue weighted by Gasteiger charge is 2.10. The Morgan fingerprint density at radius 3 is 1.82 bits per heavy atom. The molecule has 0 radical (unpaired) electrons. The van der Waals surface area contributed by atoms with Crippen molar-refractivity contribution in [2.45, 2.75) is 4.90 Å². The number of rotatable bonds is 4. The van der Waals surface area contributed by atoms with Crippen molar-refractivity contribution in [3.05, 3.63) is 59.7 Å². The second kappa shape index (κ2) is 5.96. The third-order valence-electron chi connectivity index (χ3n) is 2.87. The summed E-state index contributed by atoms with van der Waals surface area (Å²) in [7, 11) is -3.79. The highest BCUT2D eigenvalue weighted by atomic mass is 32.2. The van der Waals surface area contributed by atoms with Gasteiger partial charge in [-0.2, -0.15) is 0 Å². The van der Waals surface area contributed by atoms with E-state index in [2.05, 4.69) is 5.32 Å². The minimum atomic E-state index is -3.79. The molecular weight excluding hydrogens is 306 g/mol. The minimum absolute atomic E-state index is 0.0742. The predicted octanol–water partition coefficient (Wildman–Crippen LogP) is 0.685. The van der Waals surface area contributed by atoms with E-state index in [1.807, 2.05) is 0 Å². The third-order valence-corrected chi connectivity index (χ3v) is 3.80. The number of carbonyl (C=O) groups excluding carboxylic acids is 2. The summed E-state index contributed by atoms with van der Waals surface area (Å²) in [6, 6.07) is 11.3. The van der Waals surface area contributed by atoms with Gasteiger partial charge in [0.2, 0.25) is 15.9 Å². The molecule has 0 saturated carbocycles. The van der Waals surface area contributed by atoms with Crippen LogP contribution in [0.1, 0.15) is 20.7 Å². The van der Waals surface area contributed by atoms with Crippen molar-refractivity contribution in [1.82, 2.24) is 0 Å². The molecule has 0 aliphatic heterocycles. The van der Waals surface area contributed by atoms with E-state index >= 15 is 0 Å². The van der Waals surface area contributed by atoms with Gasteiger partial charge in [0.05, 0.1) is 4.90 Å². The van der Waals surface area contributed by atoms with Crippen LogP contribution in [0.25, 0.3) is 0 Å². The first-order valence-electron chi connectivity index (χ1n) is 6.11. The number of primary amides is 1. The van der Waals surface area contributed by atoms with Crippen LogP contribution in [0.3, 0.4) is 0 Å². The van der Waals surface area contributed by atoms with Gasteiger partial charge in [0.15, 0.2) is 0 Å². The highest BCUT2D eigenvalue weighted by Crippen LogP contribution is 2.13. The van der Waals surface area contributed by atoms with E-state index in [9.17, 15) is 18.0 Å². The fraction of sp³-hybridized carbons (Fsp3) is 0. The summed E-state index contributed by atoms with van der Waals surface area (Å²) in [4.78, 5) is 22.9. The first-order chi connectivity index (χ1) is 10.3. The summed E-state index contributed by atoms with van der Waals surface area (Å²) < 4.78 is 22.3. The Labute approximate surface area is 127 Å². The number of amides is 2. The molecule has 114 valence electrons. The minimum Gasteiger partial charge on any atom is -0.366 e. The van der Waals surface area contributed by atoms with Gasteiger partial charge >= 0.3 is 0 Å². The quantitative estimate of drug-likeness (QED) is 0.764. The highest BCUT2D eigenvalue weighted by molar-refractivity contribution is 7.89. The molecule has 22 heavy (non-hydrogen) atoms. The first-order valence-corrected chi connectivity index (χ1v) is 7.66. The Morgan fingerprint density at radius 1 is 0.864 bits per heavy atom. The van der Waals surface area contributed by atoms with Crippen LogP contribution in [0.4, 0.5) is 5.69 Å². The fourth-order valence-corrected chi connectivity index (χ4v) is 2.23. The van der Waals surface area contributed by atoms with Crippen LogP contribution in [0.5, 0.6) is 0 Å². The first kappa shape index (κ1) is 15.7. The van der Waals surface area contributed by atoms with Gasteiger partial charge in [-0.05, 0) is 48.5 Å². The zero-order valence-electron chi connectivity index (χ0n) is 11.3. The average Bonchev–Trinajstić information content (AvgIpc) is 2.47. The van der Waals surface area contributed by atoms with Crippen molar-refractivity contribution >= 4 is 27.5 Å². The SMILES string of the molecule is NC(=O)c1ccc(NC(=O)c2ccc(S(N)(=O)=O)cc2)cc1. The average molecular weight is 319 g/mol. The maximum Gasteiger partial charge on any atom is 0.255 e. The Hall–Kier alpha value is -2.71. The van der Waals surface area contributed by atoms with Gasteiger partial charge in [-0.15, -0.1) is 0 Å². The van der Waals surface area contributed by atoms with Gasteiger partial charge in [0.25, 0.3) is 5.91 Å². The molecule has 0 aliphatic rings. The second-order valence-corrected chi connectivity index (χ2v) is 6.03. The van der Waals surface area contributed by atoms with Gasteiger partial charge in [-0.25, -0.2) is 13.6 Å². The van der Waals surface area contributed by atoms with Crippen LogP contribution in [0.2, 0.25) is 0 Å². The number of nitrogens with one attached hydrogen (secondary N) is 1. The smallest absolute Gasteiger partial charge is 0.255 e. The molecule has 0 unspecified atom stereocenters. The van der Waals surface area contributed by atoms with Gasteiger partial charge in [-0.1, -0.05) is 0 Å². The summed E-state index contributed by atoms with van der Waals surface area (Å²) in [6.07, 6.45) is 0. The maximum absolute atomic E-state index is 12.0. The van der Waals surface area contributed by atoms with E-state index in [1.54, 1.807) is 0 Å². The molecule has 8 heteroatoms. The van der Waals surface area contributed by atoms with Crippen molar-refractivity contribution in [2.75, 3.05) is 5.32 Å². The number of nitrogens with two attached hydrogens (primary N) is 2. The second-order valence-electron chi connectivity index (χ2n) is 4.47. The molecule has 2 aromatic rings. The number of anilines is 1. The van der Waals surface area contributed by atoms with Gasteiger partial charge in [-0.3, -0.25) is 9.59 Å². The number of hydrogen-bond donors (Lipinski definition) is 3. The molecule has 0 fully saturated rings. The number of benzene rings is 2. The summed E-state index contributed by atoms with van der Waals surface area (Å²) in [5.41, 5.74) is 6.20. The summed E-state index contributed by atoms with van der Waals surface area (Å²) in [5.74, 6) is -0.982. The largest absolute Gasteiger partial charge is 0.366 e. The Bertz CT molecular complexity index is 812. The van der Waals surface area contributed by atoms with Crippen molar-refractivity contribution in [1.29, 1.82) is 0 Å². The Kier molecular flexibility index (Phi) is 4.25. The molecule has 7 nitrogen and oxygen atoms in total. The van der Waals surface area contributed by atoms with E-state index in [1.165, 1.54) is 48.5 Å². The molecule has 0 aromatic heterocycles. The van der Waals surface area contributed by atoms with Gasteiger partial charge < -0.3 is 11.1 Å². The van der Waals surface area contributed by atoms with Crippen LogP contribution in [0.15, 0.2) is 53.4 Å². The van der Waals surface area contributed by atoms with Crippen LogP contribution < -0.4 is 16.2 Å². The molecule has 0 aliphatic carbocycles. The lowest BCUT2D eigenvalue weighted by Gasteiger charge is -2.06. The molecule has 0 atom stereocenters. The van der Waals surface area contributed by atoms with Crippen molar-refractivity contribution in [3.8, 4) is 0 Å². The van der Waals surface area contributed by atoms with E-state index in [0.29, 0.717) is 11.3 Å². The molecule has 2 aromatic carbocycles. The molecule has 0 bridgehead atoms. The molecule has 5 N–H and O–H groups in total. The lowest BCUT2D eigenvalue weighted by molar-refractivity contribution is 0.0998. The summed E-state index contributed by atoms with van der Waals surface area (Å²) in [6.45, 7) is 0. The monoisotopic (exact) mass is 319 g/mol. The zero-order valence-corrected chi connectivity index (χ0v) is 12.1. The lowest BCUT2D eigenvalue weighted by atomic mass is 10.2. The lowest BCUT2D eigenvalue weighted by Crippen LogP contribution is -2.15. The van der Waals surface area contributed by atoms with Crippen LogP contribution in [0, 0.1) is 0 Å². The van der Waals surface area contributed by atoms with Crippen molar-refractivity contribution in [2.24, 2.45) is 10.9 Å². The zero-order chi connectivity index (χ0) is 16.3. The number of hydrogen-bond acceptors (Lipinski definition) is 4. The van der Waals surface area contributed by atoms with Crippen molar-refractivity contribution < 1.29 is 18.0 Å². The molecule has 2 amide bonds. The number of primary sulfonamides is 1. The standard InChI is InChI=1S/C14H13N3O4S/c15-13(18)9-1-5-11(6-2-9)17-14(19)10-3-7-12(8-4-10)22(16,20)21/h1-8H,(H2,15,18)(H,17,19)(H2,16,20,21). The molecule has 0 spiro atoms. The van der Waals surface area contributed by atoms with E-state index in [0.717, 1.165) is 0 Å². The van der Waals surface area contributed by atoms with Crippen LogP contribution >= 0.6 is 0 Å². The van der Waals surface area contributed by atoms with Crippen LogP contribution in [-0.2, 0) is 10.0 Å². The third kappa shape index (κ3) is 3.68. The topological polar surface area (TPSA) is 132 Å². The van der Waals surface area contributed by atoms with E-state index in [-0.39, 0.29) is 10.5 Å². The normalized spacial score (nSPS) is 11.0.